The summed E-state index contributed by atoms with van der Waals surface area (Å²) < 4.78 is 5.18. The SMILES string of the molecule is Cc1cc(C(=O)NCC(=O)NC2(CC(=O)O)CCOC2)ccc1[N+](=O)[O-]. The van der Waals surface area contributed by atoms with E-state index in [1.807, 2.05) is 0 Å². The lowest BCUT2D eigenvalue weighted by Crippen LogP contribution is -2.53. The largest absolute Gasteiger partial charge is 0.481 e. The van der Waals surface area contributed by atoms with Crippen LogP contribution in [0.25, 0.3) is 0 Å². The van der Waals surface area contributed by atoms with Crippen LogP contribution in [-0.4, -0.2) is 53.1 Å². The summed E-state index contributed by atoms with van der Waals surface area (Å²) in [4.78, 5) is 45.4. The fourth-order valence-electron chi connectivity index (χ4n) is 2.78. The average molecular weight is 365 g/mol. The Morgan fingerprint density at radius 2 is 2.12 bits per heavy atom. The van der Waals surface area contributed by atoms with E-state index in [1.54, 1.807) is 0 Å². The molecule has 1 aliphatic rings. The Hall–Kier alpha value is -3.01. The molecule has 1 aromatic rings. The molecule has 0 aliphatic carbocycles. The van der Waals surface area contributed by atoms with Crippen molar-refractivity contribution in [1.29, 1.82) is 0 Å². The van der Waals surface area contributed by atoms with Gasteiger partial charge in [0, 0.05) is 23.8 Å². The van der Waals surface area contributed by atoms with Gasteiger partial charge in [-0.15, -0.1) is 0 Å². The number of carboxylic acid groups (broad SMARTS) is 1. The molecule has 0 spiro atoms. The molecule has 1 atom stereocenters. The molecule has 1 aromatic carbocycles. The number of carbonyl (C=O) groups excluding carboxylic acids is 2. The minimum absolute atomic E-state index is 0.0978. The van der Waals surface area contributed by atoms with Gasteiger partial charge in [0.2, 0.25) is 5.91 Å². The van der Waals surface area contributed by atoms with Gasteiger partial charge in [0.15, 0.2) is 0 Å². The molecular weight excluding hydrogens is 346 g/mol. The molecule has 0 radical (unpaired) electrons. The number of rotatable bonds is 7. The minimum atomic E-state index is -1.05. The zero-order valence-electron chi connectivity index (χ0n) is 14.1. The summed E-state index contributed by atoms with van der Waals surface area (Å²) in [5.74, 6) is -2.15. The topological polar surface area (TPSA) is 148 Å². The molecule has 2 amide bonds. The highest BCUT2D eigenvalue weighted by Crippen LogP contribution is 2.22. The molecule has 26 heavy (non-hydrogen) atoms. The van der Waals surface area contributed by atoms with Gasteiger partial charge in [-0.1, -0.05) is 0 Å². The number of nitrogens with zero attached hydrogens (tertiary/aromatic N) is 1. The van der Waals surface area contributed by atoms with Gasteiger partial charge in [-0.3, -0.25) is 24.5 Å². The highest BCUT2D eigenvalue weighted by molar-refractivity contribution is 5.97. The highest BCUT2D eigenvalue weighted by atomic mass is 16.6. The van der Waals surface area contributed by atoms with Crippen LogP contribution in [0, 0.1) is 17.0 Å². The molecule has 0 aromatic heterocycles. The number of aliphatic carboxylic acids is 1. The lowest BCUT2D eigenvalue weighted by molar-refractivity contribution is -0.385. The van der Waals surface area contributed by atoms with E-state index in [-0.39, 0.29) is 30.8 Å². The van der Waals surface area contributed by atoms with Gasteiger partial charge in [-0.25, -0.2) is 0 Å². The first-order valence-corrected chi connectivity index (χ1v) is 7.86. The van der Waals surface area contributed by atoms with Crippen molar-refractivity contribution in [2.24, 2.45) is 0 Å². The van der Waals surface area contributed by atoms with Crippen molar-refractivity contribution >= 4 is 23.5 Å². The van der Waals surface area contributed by atoms with Crippen molar-refractivity contribution in [2.45, 2.75) is 25.3 Å². The first-order valence-electron chi connectivity index (χ1n) is 7.86. The number of aryl methyl sites for hydroxylation is 1. The number of carboxylic acids is 1. The van der Waals surface area contributed by atoms with Crippen LogP contribution >= 0.6 is 0 Å². The van der Waals surface area contributed by atoms with Crippen molar-refractivity contribution in [1.82, 2.24) is 10.6 Å². The summed E-state index contributed by atoms with van der Waals surface area (Å²) in [7, 11) is 0. The summed E-state index contributed by atoms with van der Waals surface area (Å²) in [5.41, 5.74) is -0.561. The number of amides is 2. The smallest absolute Gasteiger partial charge is 0.305 e. The fraction of sp³-hybridized carbons (Fsp3) is 0.438. The van der Waals surface area contributed by atoms with Crippen LogP contribution in [0.15, 0.2) is 18.2 Å². The van der Waals surface area contributed by atoms with Gasteiger partial charge < -0.3 is 20.5 Å². The number of hydrogen-bond acceptors (Lipinski definition) is 6. The van der Waals surface area contributed by atoms with Crippen molar-refractivity contribution in [3.05, 3.63) is 39.4 Å². The van der Waals surface area contributed by atoms with Gasteiger partial charge in [-0.05, 0) is 25.5 Å². The Balaban J connectivity index is 1.94. The zero-order valence-corrected chi connectivity index (χ0v) is 14.1. The molecule has 1 heterocycles. The molecule has 1 saturated heterocycles. The lowest BCUT2D eigenvalue weighted by Gasteiger charge is -2.27. The molecule has 0 bridgehead atoms. The Labute approximate surface area is 148 Å². The van der Waals surface area contributed by atoms with E-state index in [4.69, 9.17) is 9.84 Å². The Bertz CT molecular complexity index is 741. The van der Waals surface area contributed by atoms with Crippen LogP contribution in [0.4, 0.5) is 5.69 Å². The third kappa shape index (κ3) is 4.76. The van der Waals surface area contributed by atoms with Gasteiger partial charge in [0.25, 0.3) is 11.6 Å². The van der Waals surface area contributed by atoms with E-state index in [2.05, 4.69) is 10.6 Å². The number of hydrogen-bond donors (Lipinski definition) is 3. The van der Waals surface area contributed by atoms with Crippen molar-refractivity contribution in [2.75, 3.05) is 19.8 Å². The fourth-order valence-corrected chi connectivity index (χ4v) is 2.78. The second kappa shape index (κ2) is 7.91. The maximum absolute atomic E-state index is 12.1. The zero-order chi connectivity index (χ0) is 19.3. The first kappa shape index (κ1) is 19.3. The number of nitrogens with one attached hydrogen (secondary N) is 2. The Morgan fingerprint density at radius 3 is 2.65 bits per heavy atom. The van der Waals surface area contributed by atoms with E-state index in [0.717, 1.165) is 0 Å². The van der Waals surface area contributed by atoms with Gasteiger partial charge >= 0.3 is 5.97 Å². The number of carbonyl (C=O) groups is 3. The Morgan fingerprint density at radius 1 is 1.38 bits per heavy atom. The molecule has 0 saturated carbocycles. The summed E-state index contributed by atoms with van der Waals surface area (Å²) >= 11 is 0. The van der Waals surface area contributed by atoms with Gasteiger partial charge in [0.1, 0.15) is 0 Å². The second-order valence-corrected chi connectivity index (χ2v) is 6.14. The summed E-state index contributed by atoms with van der Waals surface area (Å²) in [6.07, 6.45) is 0.106. The monoisotopic (exact) mass is 365 g/mol. The number of nitro benzene ring substituents is 1. The normalized spacial score (nSPS) is 19.0. The van der Waals surface area contributed by atoms with Crippen LogP contribution in [0.3, 0.4) is 0 Å². The van der Waals surface area contributed by atoms with Crippen LogP contribution in [0.1, 0.15) is 28.8 Å². The average Bonchev–Trinajstić information content (AvgIpc) is 2.99. The molecule has 1 aliphatic heterocycles. The molecule has 1 fully saturated rings. The quantitative estimate of drug-likeness (QED) is 0.467. The van der Waals surface area contributed by atoms with Gasteiger partial charge in [-0.2, -0.15) is 0 Å². The van der Waals surface area contributed by atoms with Crippen LogP contribution in [0.2, 0.25) is 0 Å². The van der Waals surface area contributed by atoms with E-state index in [9.17, 15) is 24.5 Å². The molecule has 10 heteroatoms. The number of ether oxygens (including phenoxy) is 1. The van der Waals surface area contributed by atoms with E-state index in [1.165, 1.54) is 25.1 Å². The molecule has 3 N–H and O–H groups in total. The van der Waals surface area contributed by atoms with Gasteiger partial charge in [0.05, 0.1) is 30.0 Å². The number of nitro groups is 1. The maximum atomic E-state index is 12.1. The molecule has 1 unspecified atom stereocenters. The van der Waals surface area contributed by atoms with Crippen LogP contribution < -0.4 is 10.6 Å². The van der Waals surface area contributed by atoms with Crippen molar-refractivity contribution < 1.29 is 29.2 Å². The third-order valence-corrected chi connectivity index (χ3v) is 4.06. The molecule has 2 rings (SSSR count). The van der Waals surface area contributed by atoms with Crippen LogP contribution in [0.5, 0.6) is 0 Å². The minimum Gasteiger partial charge on any atom is -0.481 e. The third-order valence-electron chi connectivity index (χ3n) is 4.06. The molecule has 10 nitrogen and oxygen atoms in total. The first-order chi connectivity index (χ1) is 12.2. The highest BCUT2D eigenvalue weighted by Gasteiger charge is 2.38. The predicted octanol–water partition coefficient (Wildman–Crippen LogP) is 0.383. The van der Waals surface area contributed by atoms with E-state index >= 15 is 0 Å². The Kier molecular flexibility index (Phi) is 5.88. The summed E-state index contributed by atoms with van der Waals surface area (Å²) in [5, 5.41) is 24.8. The van der Waals surface area contributed by atoms with Crippen molar-refractivity contribution in [3.8, 4) is 0 Å². The predicted molar refractivity (Wildman–Crippen MR) is 88.7 cm³/mol. The van der Waals surface area contributed by atoms with E-state index < -0.39 is 28.2 Å². The molecular formula is C16H19N3O7. The summed E-state index contributed by atoms with van der Waals surface area (Å²) in [6, 6.07) is 3.89. The maximum Gasteiger partial charge on any atom is 0.305 e. The second-order valence-electron chi connectivity index (χ2n) is 6.14. The van der Waals surface area contributed by atoms with E-state index in [0.29, 0.717) is 18.6 Å². The standard InChI is InChI=1S/C16H19N3O7/c1-10-6-11(2-3-12(10)19(24)25)15(23)17-8-13(20)18-16(7-14(21)22)4-5-26-9-16/h2-3,6H,4-5,7-9H2,1H3,(H,17,23)(H,18,20)(H,21,22). The summed E-state index contributed by atoms with van der Waals surface area (Å²) in [6.45, 7) is 1.61. The van der Waals surface area contributed by atoms with Crippen LogP contribution in [-0.2, 0) is 14.3 Å². The lowest BCUT2D eigenvalue weighted by atomic mass is 9.94. The number of benzene rings is 1. The van der Waals surface area contributed by atoms with Crippen molar-refractivity contribution in [3.63, 3.8) is 0 Å². The molecule has 140 valence electrons.